The minimum absolute atomic E-state index is 0.0382. The average molecular weight is 409 g/mol. The molecule has 3 aliphatic rings. The predicted octanol–water partition coefficient (Wildman–Crippen LogP) is 6.10. The van der Waals surface area contributed by atoms with Gasteiger partial charge in [0, 0.05) is 17.8 Å². The van der Waals surface area contributed by atoms with Crippen molar-refractivity contribution in [3.63, 3.8) is 0 Å². The SMILES string of the molecule is CCC/C=C/[C@H]1CO[C@H](CC[C@H]2CO[C@H](C3CCC(CCCC)CC3)OC2)OC1. The van der Waals surface area contributed by atoms with Gasteiger partial charge in [-0.15, -0.1) is 0 Å². The third-order valence-corrected chi connectivity index (χ3v) is 6.90. The fourth-order valence-electron chi connectivity index (χ4n) is 4.90. The van der Waals surface area contributed by atoms with Gasteiger partial charge in [-0.3, -0.25) is 0 Å². The lowest BCUT2D eigenvalue weighted by atomic mass is 9.79. The Balaban J connectivity index is 1.25. The highest BCUT2D eigenvalue weighted by Gasteiger charge is 2.32. The second-order valence-electron chi connectivity index (χ2n) is 9.47. The van der Waals surface area contributed by atoms with E-state index in [0.29, 0.717) is 17.8 Å². The van der Waals surface area contributed by atoms with E-state index in [1.807, 2.05) is 0 Å². The Morgan fingerprint density at radius 1 is 0.724 bits per heavy atom. The van der Waals surface area contributed by atoms with E-state index in [9.17, 15) is 0 Å². The van der Waals surface area contributed by atoms with E-state index in [1.165, 1.54) is 51.4 Å². The molecule has 3 fully saturated rings. The van der Waals surface area contributed by atoms with Crippen LogP contribution in [0.15, 0.2) is 12.2 Å². The molecule has 0 amide bonds. The summed E-state index contributed by atoms with van der Waals surface area (Å²) in [6.07, 6.45) is 18.2. The maximum atomic E-state index is 6.15. The number of hydrogen-bond acceptors (Lipinski definition) is 4. The van der Waals surface area contributed by atoms with Gasteiger partial charge < -0.3 is 18.9 Å². The van der Waals surface area contributed by atoms with Gasteiger partial charge in [0.25, 0.3) is 0 Å². The smallest absolute Gasteiger partial charge is 0.160 e. The lowest BCUT2D eigenvalue weighted by Crippen LogP contribution is -2.39. The Bertz CT molecular complexity index is 442. The van der Waals surface area contributed by atoms with Crippen LogP contribution in [0.25, 0.3) is 0 Å². The van der Waals surface area contributed by atoms with Crippen LogP contribution in [0.5, 0.6) is 0 Å². The van der Waals surface area contributed by atoms with Crippen molar-refractivity contribution < 1.29 is 18.9 Å². The summed E-state index contributed by atoms with van der Waals surface area (Å²) < 4.78 is 24.1. The summed E-state index contributed by atoms with van der Waals surface area (Å²) in [6, 6.07) is 0. The maximum Gasteiger partial charge on any atom is 0.160 e. The minimum Gasteiger partial charge on any atom is -0.352 e. The average Bonchev–Trinajstić information content (AvgIpc) is 2.78. The predicted molar refractivity (Wildman–Crippen MR) is 117 cm³/mol. The molecule has 0 aromatic rings. The first-order valence-corrected chi connectivity index (χ1v) is 12.4. The molecule has 0 spiro atoms. The fourth-order valence-corrected chi connectivity index (χ4v) is 4.90. The van der Waals surface area contributed by atoms with Crippen molar-refractivity contribution in [2.24, 2.45) is 23.7 Å². The molecule has 0 bridgehead atoms. The molecule has 2 heterocycles. The zero-order valence-corrected chi connectivity index (χ0v) is 18.9. The van der Waals surface area contributed by atoms with Crippen molar-refractivity contribution in [2.45, 2.75) is 97.1 Å². The van der Waals surface area contributed by atoms with E-state index in [2.05, 4.69) is 26.0 Å². The quantitative estimate of drug-likeness (QED) is 0.409. The zero-order valence-electron chi connectivity index (χ0n) is 18.9. The Labute approximate surface area is 178 Å². The summed E-state index contributed by atoms with van der Waals surface area (Å²) in [4.78, 5) is 0. The third-order valence-electron chi connectivity index (χ3n) is 6.90. The minimum atomic E-state index is -0.0538. The Morgan fingerprint density at radius 2 is 1.45 bits per heavy atom. The van der Waals surface area contributed by atoms with Gasteiger partial charge in [0.15, 0.2) is 12.6 Å². The molecule has 168 valence electrons. The highest BCUT2D eigenvalue weighted by atomic mass is 16.7. The van der Waals surface area contributed by atoms with E-state index in [1.54, 1.807) is 0 Å². The zero-order chi connectivity index (χ0) is 20.3. The number of hydrogen-bond donors (Lipinski definition) is 0. The van der Waals surface area contributed by atoms with Crippen LogP contribution < -0.4 is 0 Å². The number of rotatable bonds is 10. The van der Waals surface area contributed by atoms with Crippen molar-refractivity contribution in [1.29, 1.82) is 0 Å². The van der Waals surface area contributed by atoms with Gasteiger partial charge in [-0.1, -0.05) is 51.7 Å². The number of allylic oxidation sites excluding steroid dienone is 1. The van der Waals surface area contributed by atoms with Gasteiger partial charge >= 0.3 is 0 Å². The topological polar surface area (TPSA) is 36.9 Å². The summed E-state index contributed by atoms with van der Waals surface area (Å²) in [7, 11) is 0. The van der Waals surface area contributed by atoms with Crippen LogP contribution in [0.3, 0.4) is 0 Å². The Morgan fingerprint density at radius 3 is 2.10 bits per heavy atom. The molecule has 0 N–H and O–H groups in total. The van der Waals surface area contributed by atoms with Gasteiger partial charge in [-0.05, 0) is 50.9 Å². The van der Waals surface area contributed by atoms with Crippen molar-refractivity contribution in [1.82, 2.24) is 0 Å². The fraction of sp³-hybridized carbons (Fsp3) is 0.920. The van der Waals surface area contributed by atoms with Crippen molar-refractivity contribution in [2.75, 3.05) is 26.4 Å². The lowest BCUT2D eigenvalue weighted by molar-refractivity contribution is -0.235. The van der Waals surface area contributed by atoms with Gasteiger partial charge in [-0.25, -0.2) is 0 Å². The molecule has 2 saturated heterocycles. The first-order valence-electron chi connectivity index (χ1n) is 12.4. The second kappa shape index (κ2) is 13.1. The van der Waals surface area contributed by atoms with E-state index in [4.69, 9.17) is 18.9 Å². The third kappa shape index (κ3) is 7.97. The normalized spacial score (nSPS) is 36.5. The van der Waals surface area contributed by atoms with Crippen LogP contribution in [0.2, 0.25) is 0 Å². The van der Waals surface area contributed by atoms with Crippen molar-refractivity contribution in [3.8, 4) is 0 Å². The first kappa shape index (κ1) is 23.2. The molecule has 2 aliphatic heterocycles. The summed E-state index contributed by atoms with van der Waals surface area (Å²) in [5, 5.41) is 0. The molecule has 0 unspecified atom stereocenters. The van der Waals surface area contributed by atoms with Crippen LogP contribution in [-0.2, 0) is 18.9 Å². The van der Waals surface area contributed by atoms with E-state index < -0.39 is 0 Å². The van der Waals surface area contributed by atoms with Gasteiger partial charge in [0.05, 0.1) is 26.4 Å². The number of unbranched alkanes of at least 4 members (excludes halogenated alkanes) is 2. The standard InChI is InChI=1S/C25H44O4/c1-3-5-7-9-21-16-26-24(27-17-21)15-12-22-18-28-25(29-19-22)23-13-10-20(11-14-23)8-6-4-2/h7,9,20-25H,3-6,8,10-19H2,1-2H3/b9-7+/t20?,21-,22-,23?,24-,25-. The van der Waals surface area contributed by atoms with Crippen molar-refractivity contribution in [3.05, 3.63) is 12.2 Å². The molecule has 1 saturated carbocycles. The second-order valence-corrected chi connectivity index (χ2v) is 9.47. The van der Waals surface area contributed by atoms with E-state index in [-0.39, 0.29) is 12.6 Å². The highest BCUT2D eigenvalue weighted by molar-refractivity contribution is 4.89. The van der Waals surface area contributed by atoms with Gasteiger partial charge in [0.2, 0.25) is 0 Å². The summed E-state index contributed by atoms with van der Waals surface area (Å²) in [6.45, 7) is 7.72. The molecule has 3 rings (SSSR count). The van der Waals surface area contributed by atoms with Gasteiger partial charge in [-0.2, -0.15) is 0 Å². The molecule has 4 heteroatoms. The summed E-state index contributed by atoms with van der Waals surface area (Å²) in [5.74, 6) is 2.44. The molecule has 0 aromatic heterocycles. The van der Waals surface area contributed by atoms with E-state index >= 15 is 0 Å². The molecule has 0 aromatic carbocycles. The molecular formula is C25H44O4. The van der Waals surface area contributed by atoms with Crippen LogP contribution in [0.1, 0.15) is 84.5 Å². The van der Waals surface area contributed by atoms with Crippen LogP contribution >= 0.6 is 0 Å². The van der Waals surface area contributed by atoms with Crippen molar-refractivity contribution >= 4 is 0 Å². The number of ether oxygens (including phenoxy) is 4. The molecule has 29 heavy (non-hydrogen) atoms. The Kier molecular flexibility index (Phi) is 10.5. The first-order chi connectivity index (χ1) is 14.3. The molecule has 0 atom stereocenters. The van der Waals surface area contributed by atoms with Crippen LogP contribution in [-0.4, -0.2) is 39.0 Å². The molecule has 1 aliphatic carbocycles. The highest BCUT2D eigenvalue weighted by Crippen LogP contribution is 2.36. The molecule has 4 nitrogen and oxygen atoms in total. The lowest BCUT2D eigenvalue weighted by Gasteiger charge is -2.38. The van der Waals surface area contributed by atoms with E-state index in [0.717, 1.165) is 51.6 Å². The summed E-state index contributed by atoms with van der Waals surface area (Å²) >= 11 is 0. The summed E-state index contributed by atoms with van der Waals surface area (Å²) in [5.41, 5.74) is 0. The Hall–Kier alpha value is -0.420. The maximum absolute atomic E-state index is 6.15. The molecule has 0 radical (unpaired) electrons. The molecular weight excluding hydrogens is 364 g/mol. The van der Waals surface area contributed by atoms with Gasteiger partial charge in [0.1, 0.15) is 0 Å². The largest absolute Gasteiger partial charge is 0.352 e. The monoisotopic (exact) mass is 408 g/mol. The van der Waals surface area contributed by atoms with Crippen LogP contribution in [0.4, 0.5) is 0 Å². The van der Waals surface area contributed by atoms with Crippen LogP contribution in [0, 0.1) is 23.7 Å².